The minimum atomic E-state index is -2.90. The summed E-state index contributed by atoms with van der Waals surface area (Å²) in [6.45, 7) is 2.66. The van der Waals surface area contributed by atoms with Gasteiger partial charge in [-0.3, -0.25) is 9.69 Å². The summed E-state index contributed by atoms with van der Waals surface area (Å²) in [6.07, 6.45) is 0.698. The minimum Gasteiger partial charge on any atom is -0.431 e. The molecule has 3 aromatic rings. The van der Waals surface area contributed by atoms with E-state index in [9.17, 15) is 13.2 Å². The van der Waals surface area contributed by atoms with Gasteiger partial charge in [-0.05, 0) is 6.42 Å². The van der Waals surface area contributed by atoms with Gasteiger partial charge in [0.2, 0.25) is 5.91 Å². The predicted octanol–water partition coefficient (Wildman–Crippen LogP) is 3.43. The molecule has 0 radical (unpaired) electrons. The van der Waals surface area contributed by atoms with E-state index in [1.807, 2.05) is 65.6 Å². The van der Waals surface area contributed by atoms with Crippen LogP contribution in [0.5, 0.6) is 0 Å². The molecule has 2 aromatic carbocycles. The zero-order chi connectivity index (χ0) is 23.5. The van der Waals surface area contributed by atoms with Gasteiger partial charge in [0.1, 0.15) is 5.69 Å². The number of piperazine rings is 1. The molecule has 1 amide bonds. The van der Waals surface area contributed by atoms with Crippen LogP contribution in [0.2, 0.25) is 0 Å². The van der Waals surface area contributed by atoms with Crippen LogP contribution in [0.3, 0.4) is 0 Å². The molecule has 2 saturated heterocycles. The van der Waals surface area contributed by atoms with Crippen molar-refractivity contribution in [3.8, 4) is 22.6 Å². The van der Waals surface area contributed by atoms with Crippen molar-refractivity contribution in [1.82, 2.24) is 14.8 Å². The van der Waals surface area contributed by atoms with Crippen LogP contribution in [0.15, 0.2) is 70.3 Å². The first-order valence-electron chi connectivity index (χ1n) is 11.5. The van der Waals surface area contributed by atoms with Crippen molar-refractivity contribution in [2.75, 3.05) is 43.4 Å². The first-order chi connectivity index (χ1) is 16.5. The number of carbonyl (C=O) groups excluding carboxylic acids is 1. The number of carbonyl (C=O) groups is 1. The summed E-state index contributed by atoms with van der Waals surface area (Å²) in [5.74, 6) is 1.51. The van der Waals surface area contributed by atoms with Crippen molar-refractivity contribution in [3.63, 3.8) is 0 Å². The van der Waals surface area contributed by atoms with E-state index < -0.39 is 9.84 Å². The van der Waals surface area contributed by atoms with Crippen molar-refractivity contribution in [2.24, 2.45) is 0 Å². The Hall–Kier alpha value is -2.62. The minimum absolute atomic E-state index is 0.0458. The Morgan fingerprint density at radius 2 is 1.62 bits per heavy atom. The normalized spacial score (nSPS) is 20.5. The second-order valence-corrected chi connectivity index (χ2v) is 11.8. The molecule has 34 heavy (non-hydrogen) atoms. The van der Waals surface area contributed by atoms with E-state index in [1.165, 1.54) is 11.8 Å². The highest BCUT2D eigenvalue weighted by Gasteiger charge is 2.34. The van der Waals surface area contributed by atoms with Gasteiger partial charge in [0.05, 0.1) is 17.3 Å². The Labute approximate surface area is 204 Å². The van der Waals surface area contributed by atoms with Crippen molar-refractivity contribution in [2.45, 2.75) is 17.7 Å². The highest BCUT2D eigenvalue weighted by Crippen LogP contribution is 2.35. The molecule has 3 heterocycles. The molecule has 9 heteroatoms. The van der Waals surface area contributed by atoms with E-state index in [0.717, 1.165) is 16.8 Å². The molecule has 0 saturated carbocycles. The second kappa shape index (κ2) is 9.93. The van der Waals surface area contributed by atoms with Gasteiger partial charge in [-0.25, -0.2) is 13.4 Å². The van der Waals surface area contributed by atoms with Crippen molar-refractivity contribution in [1.29, 1.82) is 0 Å². The van der Waals surface area contributed by atoms with Crippen LogP contribution >= 0.6 is 11.8 Å². The van der Waals surface area contributed by atoms with E-state index in [4.69, 9.17) is 9.40 Å². The van der Waals surface area contributed by atoms with Crippen molar-refractivity contribution >= 4 is 27.5 Å². The lowest BCUT2D eigenvalue weighted by Crippen LogP contribution is -2.52. The standard InChI is InChI=1S/C25H27N3O4S2/c29-22(28-14-12-27(13-15-28)21-11-16-34(30,31)18-21)17-33-25-26-23(19-7-3-1-4-8-19)24(32-25)20-9-5-2-6-10-20/h1-10,21H,11-18H2. The maximum Gasteiger partial charge on any atom is 0.257 e. The van der Waals surface area contributed by atoms with Gasteiger partial charge >= 0.3 is 0 Å². The third-order valence-electron chi connectivity index (χ3n) is 6.40. The quantitative estimate of drug-likeness (QED) is 0.483. The third kappa shape index (κ3) is 5.21. The monoisotopic (exact) mass is 497 g/mol. The summed E-state index contributed by atoms with van der Waals surface area (Å²) in [7, 11) is -2.90. The van der Waals surface area contributed by atoms with Crippen molar-refractivity contribution < 1.29 is 17.6 Å². The van der Waals surface area contributed by atoms with Gasteiger partial charge in [0.25, 0.3) is 5.22 Å². The highest BCUT2D eigenvalue weighted by molar-refractivity contribution is 7.99. The summed E-state index contributed by atoms with van der Waals surface area (Å²) in [5.41, 5.74) is 2.67. The molecule has 1 aromatic heterocycles. The van der Waals surface area contributed by atoms with Crippen LogP contribution in [0.1, 0.15) is 6.42 Å². The Bertz CT molecular complexity index is 1180. The number of hydrogen-bond acceptors (Lipinski definition) is 7. The Morgan fingerprint density at radius 1 is 0.971 bits per heavy atom. The van der Waals surface area contributed by atoms with Gasteiger partial charge < -0.3 is 9.32 Å². The molecule has 7 nitrogen and oxygen atoms in total. The molecule has 0 bridgehead atoms. The van der Waals surface area contributed by atoms with Crippen LogP contribution < -0.4 is 0 Å². The molecule has 0 spiro atoms. The van der Waals surface area contributed by atoms with Gasteiger partial charge in [-0.2, -0.15) is 0 Å². The maximum atomic E-state index is 12.9. The van der Waals surface area contributed by atoms with E-state index in [-0.39, 0.29) is 29.2 Å². The van der Waals surface area contributed by atoms with Crippen LogP contribution in [0.4, 0.5) is 0 Å². The molecule has 0 N–H and O–H groups in total. The number of amides is 1. The Kier molecular flexibility index (Phi) is 6.76. The lowest BCUT2D eigenvalue weighted by atomic mass is 10.1. The van der Waals surface area contributed by atoms with E-state index >= 15 is 0 Å². The molecule has 2 aliphatic rings. The number of nitrogens with zero attached hydrogens (tertiary/aromatic N) is 3. The average molecular weight is 498 g/mol. The highest BCUT2D eigenvalue weighted by atomic mass is 32.2. The zero-order valence-electron chi connectivity index (χ0n) is 18.8. The predicted molar refractivity (Wildman–Crippen MR) is 133 cm³/mol. The summed E-state index contributed by atoms with van der Waals surface area (Å²) in [4.78, 5) is 21.6. The zero-order valence-corrected chi connectivity index (χ0v) is 20.4. The molecule has 0 aliphatic carbocycles. The van der Waals surface area contributed by atoms with Crippen LogP contribution in [-0.2, 0) is 14.6 Å². The third-order valence-corrected chi connectivity index (χ3v) is 8.96. The number of aromatic nitrogens is 1. The first-order valence-corrected chi connectivity index (χ1v) is 14.3. The SMILES string of the molecule is O=C(CSc1nc(-c2ccccc2)c(-c2ccccc2)o1)N1CCN(C2CCS(=O)(=O)C2)CC1. The maximum absolute atomic E-state index is 12.9. The van der Waals surface area contributed by atoms with E-state index in [0.29, 0.717) is 43.6 Å². The summed E-state index contributed by atoms with van der Waals surface area (Å²) in [6, 6.07) is 19.9. The van der Waals surface area contributed by atoms with Gasteiger partial charge in [0, 0.05) is 43.3 Å². The molecule has 1 atom stereocenters. The lowest BCUT2D eigenvalue weighted by Gasteiger charge is -2.37. The summed E-state index contributed by atoms with van der Waals surface area (Å²) in [5, 5.41) is 0.473. The first kappa shape index (κ1) is 23.1. The molecule has 5 rings (SSSR count). The fourth-order valence-electron chi connectivity index (χ4n) is 4.55. The summed E-state index contributed by atoms with van der Waals surface area (Å²) < 4.78 is 29.7. The number of rotatable bonds is 6. The molecule has 178 valence electrons. The number of benzene rings is 2. The van der Waals surface area contributed by atoms with Gasteiger partial charge in [-0.15, -0.1) is 0 Å². The number of sulfone groups is 1. The lowest BCUT2D eigenvalue weighted by molar-refractivity contribution is -0.130. The molecular formula is C25H27N3O4S2. The topological polar surface area (TPSA) is 83.7 Å². The second-order valence-electron chi connectivity index (χ2n) is 8.65. The molecule has 1 unspecified atom stereocenters. The smallest absolute Gasteiger partial charge is 0.257 e. The van der Waals surface area contributed by atoms with Gasteiger partial charge in [0.15, 0.2) is 15.6 Å². The fraction of sp³-hybridized carbons (Fsp3) is 0.360. The molecular weight excluding hydrogens is 470 g/mol. The van der Waals surface area contributed by atoms with E-state index in [2.05, 4.69) is 4.90 Å². The van der Waals surface area contributed by atoms with Crippen LogP contribution in [-0.4, -0.2) is 78.6 Å². The number of thioether (sulfide) groups is 1. The van der Waals surface area contributed by atoms with E-state index in [1.54, 1.807) is 0 Å². The Balaban J connectivity index is 1.22. The van der Waals surface area contributed by atoms with Crippen LogP contribution in [0.25, 0.3) is 22.6 Å². The van der Waals surface area contributed by atoms with Crippen LogP contribution in [0, 0.1) is 0 Å². The van der Waals surface area contributed by atoms with Crippen molar-refractivity contribution in [3.05, 3.63) is 60.7 Å². The fourth-order valence-corrected chi connectivity index (χ4v) is 7.04. The Morgan fingerprint density at radius 3 is 2.24 bits per heavy atom. The molecule has 2 aliphatic heterocycles. The average Bonchev–Trinajstić information content (AvgIpc) is 3.47. The summed E-state index contributed by atoms with van der Waals surface area (Å²) >= 11 is 1.31. The number of hydrogen-bond donors (Lipinski definition) is 0. The molecule has 2 fully saturated rings. The number of oxazole rings is 1. The largest absolute Gasteiger partial charge is 0.431 e. The van der Waals surface area contributed by atoms with Gasteiger partial charge in [-0.1, -0.05) is 72.4 Å².